The summed E-state index contributed by atoms with van der Waals surface area (Å²) in [5, 5.41) is 0. The van der Waals surface area contributed by atoms with Gasteiger partial charge < -0.3 is 5.73 Å². The van der Waals surface area contributed by atoms with E-state index in [0.717, 1.165) is 17.4 Å². The zero-order chi connectivity index (χ0) is 13.4. The van der Waals surface area contributed by atoms with Crippen LogP contribution in [-0.2, 0) is 0 Å². The molecule has 4 nitrogen and oxygen atoms in total. The molecule has 0 spiro atoms. The normalized spacial score (nSPS) is 10.8. The molecule has 0 radical (unpaired) electrons. The fraction of sp³-hybridized carbons (Fsp3) is 0.0667. The molecule has 0 bridgehead atoms. The molecule has 2 heterocycles. The lowest BCUT2D eigenvalue weighted by Gasteiger charge is -2.06. The maximum atomic E-state index is 11.1. The van der Waals surface area contributed by atoms with Crippen LogP contribution in [0.25, 0.3) is 16.8 Å². The fourth-order valence-electron chi connectivity index (χ4n) is 2.25. The highest BCUT2D eigenvalue weighted by molar-refractivity contribution is 5.82. The first kappa shape index (κ1) is 11.5. The quantitative estimate of drug-likeness (QED) is 0.712. The van der Waals surface area contributed by atoms with Crippen molar-refractivity contribution in [3.05, 3.63) is 53.9 Å². The Kier molecular flexibility index (Phi) is 2.56. The lowest BCUT2D eigenvalue weighted by atomic mass is 10.0. The largest absolute Gasteiger partial charge is 0.382 e. The average Bonchev–Trinajstić information content (AvgIpc) is 2.73. The molecule has 1 aromatic carbocycles. The van der Waals surface area contributed by atoms with E-state index in [9.17, 15) is 4.79 Å². The smallest absolute Gasteiger partial charge is 0.170 e. The van der Waals surface area contributed by atoms with Gasteiger partial charge in [-0.2, -0.15) is 0 Å². The van der Waals surface area contributed by atoms with Gasteiger partial charge in [-0.05, 0) is 35.7 Å². The third-order valence-corrected chi connectivity index (χ3v) is 3.25. The number of anilines is 1. The molecule has 4 heteroatoms. The number of nitrogens with zero attached hydrogens (tertiary/aromatic N) is 2. The number of pyridine rings is 1. The van der Waals surface area contributed by atoms with Crippen LogP contribution in [0.5, 0.6) is 0 Å². The molecule has 3 rings (SSSR count). The van der Waals surface area contributed by atoms with Crippen molar-refractivity contribution in [3.8, 4) is 11.1 Å². The Balaban J connectivity index is 2.27. The fourth-order valence-corrected chi connectivity index (χ4v) is 2.25. The summed E-state index contributed by atoms with van der Waals surface area (Å²) in [5.41, 5.74) is 10.1. The minimum atomic E-state index is 0.261. The van der Waals surface area contributed by atoms with E-state index in [0.29, 0.717) is 11.3 Å². The van der Waals surface area contributed by atoms with Gasteiger partial charge in [-0.3, -0.25) is 9.20 Å². The number of hydrogen-bond donors (Lipinski definition) is 1. The lowest BCUT2D eigenvalue weighted by Crippen LogP contribution is -1.95. The van der Waals surface area contributed by atoms with Gasteiger partial charge in [-0.25, -0.2) is 4.98 Å². The van der Waals surface area contributed by atoms with E-state index < -0.39 is 0 Å². The van der Waals surface area contributed by atoms with Gasteiger partial charge in [-0.1, -0.05) is 24.3 Å². The predicted molar refractivity (Wildman–Crippen MR) is 75.2 cm³/mol. The maximum Gasteiger partial charge on any atom is 0.170 e. The molecule has 0 saturated carbocycles. The Labute approximate surface area is 110 Å². The summed E-state index contributed by atoms with van der Waals surface area (Å²) in [6, 6.07) is 12.0. The molecule has 19 heavy (non-hydrogen) atoms. The van der Waals surface area contributed by atoms with Crippen LogP contribution in [0.2, 0.25) is 0 Å². The minimum Gasteiger partial charge on any atom is -0.382 e. The Morgan fingerprint density at radius 2 is 2.00 bits per heavy atom. The molecule has 0 saturated heterocycles. The van der Waals surface area contributed by atoms with Gasteiger partial charge in [0.25, 0.3) is 0 Å². The Morgan fingerprint density at radius 1 is 1.21 bits per heavy atom. The molecule has 2 aromatic heterocycles. The SMILES string of the molecule is Cc1ccccc1-c1ccc2nc(N)c(C=O)n2c1. The Morgan fingerprint density at radius 3 is 2.74 bits per heavy atom. The van der Waals surface area contributed by atoms with Crippen LogP contribution in [0.4, 0.5) is 5.82 Å². The lowest BCUT2D eigenvalue weighted by molar-refractivity contribution is 0.111. The van der Waals surface area contributed by atoms with E-state index in [1.807, 2.05) is 30.5 Å². The van der Waals surface area contributed by atoms with Gasteiger partial charge in [0.1, 0.15) is 11.3 Å². The molecule has 94 valence electrons. The number of hydrogen-bond acceptors (Lipinski definition) is 3. The monoisotopic (exact) mass is 251 g/mol. The van der Waals surface area contributed by atoms with Gasteiger partial charge in [0.15, 0.2) is 12.1 Å². The maximum absolute atomic E-state index is 11.1. The van der Waals surface area contributed by atoms with Gasteiger partial charge in [0.05, 0.1) is 0 Å². The first-order valence-electron chi connectivity index (χ1n) is 5.99. The Bertz CT molecular complexity index is 774. The summed E-state index contributed by atoms with van der Waals surface area (Å²) >= 11 is 0. The summed E-state index contributed by atoms with van der Waals surface area (Å²) < 4.78 is 1.73. The number of aromatic nitrogens is 2. The number of benzene rings is 1. The van der Waals surface area contributed by atoms with Crippen molar-refractivity contribution in [2.24, 2.45) is 0 Å². The molecule has 0 unspecified atom stereocenters. The molecular formula is C15H13N3O. The van der Waals surface area contributed by atoms with Crippen LogP contribution in [-0.4, -0.2) is 15.7 Å². The van der Waals surface area contributed by atoms with Crippen LogP contribution in [0.1, 0.15) is 16.1 Å². The van der Waals surface area contributed by atoms with E-state index in [1.165, 1.54) is 5.56 Å². The predicted octanol–water partition coefficient (Wildman–Crippen LogP) is 2.70. The zero-order valence-corrected chi connectivity index (χ0v) is 10.5. The second-order valence-corrected chi connectivity index (χ2v) is 4.46. The van der Waals surface area contributed by atoms with Crippen molar-refractivity contribution in [3.63, 3.8) is 0 Å². The van der Waals surface area contributed by atoms with Crippen molar-refractivity contribution in [1.29, 1.82) is 0 Å². The Hall–Kier alpha value is -2.62. The molecular weight excluding hydrogens is 238 g/mol. The van der Waals surface area contributed by atoms with Gasteiger partial charge in [0.2, 0.25) is 0 Å². The number of nitrogen functional groups attached to an aromatic ring is 1. The highest BCUT2D eigenvalue weighted by Gasteiger charge is 2.10. The second-order valence-electron chi connectivity index (χ2n) is 4.46. The third-order valence-electron chi connectivity index (χ3n) is 3.25. The van der Waals surface area contributed by atoms with Crippen molar-refractivity contribution in [2.45, 2.75) is 6.92 Å². The molecule has 0 aliphatic carbocycles. The highest BCUT2D eigenvalue weighted by atomic mass is 16.1. The van der Waals surface area contributed by atoms with Crippen molar-refractivity contribution in [1.82, 2.24) is 9.38 Å². The van der Waals surface area contributed by atoms with E-state index in [2.05, 4.69) is 24.0 Å². The average molecular weight is 251 g/mol. The molecule has 2 N–H and O–H groups in total. The first-order chi connectivity index (χ1) is 9.20. The third kappa shape index (κ3) is 1.78. The molecule has 0 aliphatic heterocycles. The van der Waals surface area contributed by atoms with E-state index in [1.54, 1.807) is 4.40 Å². The van der Waals surface area contributed by atoms with Crippen LogP contribution in [0, 0.1) is 6.92 Å². The number of carbonyl (C=O) groups is 1. The first-order valence-corrected chi connectivity index (χ1v) is 5.99. The number of aldehydes is 1. The van der Waals surface area contributed by atoms with E-state index >= 15 is 0 Å². The number of rotatable bonds is 2. The van der Waals surface area contributed by atoms with Crippen molar-refractivity contribution < 1.29 is 4.79 Å². The molecule has 3 aromatic rings. The van der Waals surface area contributed by atoms with Crippen LogP contribution in [0.3, 0.4) is 0 Å². The van der Waals surface area contributed by atoms with Gasteiger partial charge >= 0.3 is 0 Å². The summed E-state index contributed by atoms with van der Waals surface area (Å²) in [6.07, 6.45) is 2.63. The summed E-state index contributed by atoms with van der Waals surface area (Å²) in [6.45, 7) is 2.06. The molecule has 0 amide bonds. The van der Waals surface area contributed by atoms with Gasteiger partial charge in [-0.15, -0.1) is 0 Å². The van der Waals surface area contributed by atoms with Crippen LogP contribution >= 0.6 is 0 Å². The number of aryl methyl sites for hydroxylation is 1. The molecule has 0 atom stereocenters. The topological polar surface area (TPSA) is 60.4 Å². The van der Waals surface area contributed by atoms with Gasteiger partial charge in [0, 0.05) is 6.20 Å². The number of imidazole rings is 1. The van der Waals surface area contributed by atoms with E-state index in [4.69, 9.17) is 5.73 Å². The summed E-state index contributed by atoms with van der Waals surface area (Å²) in [7, 11) is 0. The second kappa shape index (κ2) is 4.24. The standard InChI is InChI=1S/C15H13N3O/c1-10-4-2-3-5-12(10)11-6-7-14-17-15(16)13(9-19)18(14)8-11/h2-9H,16H2,1H3. The van der Waals surface area contributed by atoms with Crippen molar-refractivity contribution in [2.75, 3.05) is 5.73 Å². The van der Waals surface area contributed by atoms with Crippen molar-refractivity contribution >= 4 is 17.8 Å². The molecule has 0 fully saturated rings. The van der Waals surface area contributed by atoms with E-state index in [-0.39, 0.29) is 5.82 Å². The highest BCUT2D eigenvalue weighted by Crippen LogP contribution is 2.24. The zero-order valence-electron chi connectivity index (χ0n) is 10.5. The summed E-state index contributed by atoms with van der Waals surface area (Å²) in [4.78, 5) is 15.2. The number of fused-ring (bicyclic) bond motifs is 1. The minimum absolute atomic E-state index is 0.261. The number of nitrogens with two attached hydrogens (primary N) is 1. The van der Waals surface area contributed by atoms with Crippen LogP contribution in [0.15, 0.2) is 42.6 Å². The summed E-state index contributed by atoms with van der Waals surface area (Å²) in [5.74, 6) is 0.261. The number of carbonyl (C=O) groups excluding carboxylic acids is 1. The van der Waals surface area contributed by atoms with Crippen LogP contribution < -0.4 is 5.73 Å². The molecule has 0 aliphatic rings.